The second-order valence-electron chi connectivity index (χ2n) is 5.61. The third-order valence-electron chi connectivity index (χ3n) is 3.21. The highest BCUT2D eigenvalue weighted by atomic mass is 16.2. The van der Waals surface area contributed by atoms with E-state index in [-0.39, 0.29) is 0 Å². The highest BCUT2D eigenvalue weighted by molar-refractivity contribution is 5.77. The van der Waals surface area contributed by atoms with E-state index < -0.39 is 0 Å². The summed E-state index contributed by atoms with van der Waals surface area (Å²) in [4.78, 5) is 14.3. The van der Waals surface area contributed by atoms with Crippen LogP contribution < -0.4 is 0 Å². The fourth-order valence-corrected chi connectivity index (χ4v) is 1.89. The Morgan fingerprint density at radius 3 is 2.07 bits per heavy atom. The van der Waals surface area contributed by atoms with Crippen LogP contribution in [0.1, 0.15) is 53.9 Å². The molecule has 88 valence electrons. The Morgan fingerprint density at radius 1 is 1.20 bits per heavy atom. The van der Waals surface area contributed by atoms with Crippen LogP contribution in [0, 0.1) is 11.8 Å². The van der Waals surface area contributed by atoms with Crippen molar-refractivity contribution in [3.63, 3.8) is 0 Å². The Bertz CT molecular complexity index is 219. The molecule has 1 fully saturated rings. The highest BCUT2D eigenvalue weighted by Crippen LogP contribution is 2.31. The van der Waals surface area contributed by atoms with Crippen LogP contribution in [-0.4, -0.2) is 22.9 Å². The monoisotopic (exact) mass is 211 g/mol. The van der Waals surface area contributed by atoms with Crippen LogP contribution in [0.3, 0.4) is 0 Å². The van der Waals surface area contributed by atoms with Gasteiger partial charge in [0, 0.05) is 18.5 Å². The predicted octanol–water partition coefficient (Wildman–Crippen LogP) is 3.07. The van der Waals surface area contributed by atoms with Crippen molar-refractivity contribution in [1.29, 1.82) is 0 Å². The Balaban J connectivity index is 2.60. The third kappa shape index (κ3) is 3.51. The molecule has 0 radical (unpaired) electrons. The molecule has 0 aromatic carbocycles. The summed E-state index contributed by atoms with van der Waals surface area (Å²) in [6.07, 6.45) is 3.12. The first-order valence-corrected chi connectivity index (χ1v) is 6.24. The van der Waals surface area contributed by atoms with Crippen LogP contribution in [-0.2, 0) is 4.79 Å². The van der Waals surface area contributed by atoms with Crippen molar-refractivity contribution in [2.45, 2.75) is 66.0 Å². The molecule has 0 aromatic heterocycles. The number of carbonyl (C=O) groups is 1. The van der Waals surface area contributed by atoms with Crippen LogP contribution in [0.4, 0.5) is 0 Å². The average Bonchev–Trinajstić information content (AvgIpc) is 2.86. The maximum atomic E-state index is 12.1. The Morgan fingerprint density at radius 2 is 1.73 bits per heavy atom. The third-order valence-corrected chi connectivity index (χ3v) is 3.21. The van der Waals surface area contributed by atoms with Crippen LogP contribution >= 0.6 is 0 Å². The first-order valence-electron chi connectivity index (χ1n) is 6.24. The summed E-state index contributed by atoms with van der Waals surface area (Å²) in [5, 5.41) is 0. The van der Waals surface area contributed by atoms with Gasteiger partial charge in [-0.1, -0.05) is 27.7 Å². The molecule has 2 heteroatoms. The summed E-state index contributed by atoms with van der Waals surface area (Å²) < 4.78 is 0. The van der Waals surface area contributed by atoms with E-state index in [2.05, 4.69) is 39.5 Å². The quantitative estimate of drug-likeness (QED) is 0.684. The van der Waals surface area contributed by atoms with E-state index in [9.17, 15) is 4.79 Å². The van der Waals surface area contributed by atoms with Gasteiger partial charge < -0.3 is 4.90 Å². The number of nitrogens with zero attached hydrogens (tertiary/aromatic N) is 1. The molecule has 1 aliphatic rings. The van der Waals surface area contributed by atoms with Gasteiger partial charge in [-0.3, -0.25) is 4.79 Å². The van der Waals surface area contributed by atoms with Gasteiger partial charge in [0.2, 0.25) is 5.91 Å². The van der Waals surface area contributed by atoms with Crippen LogP contribution in [0.2, 0.25) is 0 Å². The molecule has 0 aliphatic heterocycles. The molecule has 0 spiro atoms. The standard InChI is InChI=1S/C13H25NO/c1-9(2)8-13(15)14(12-6-7-12)11(5)10(3)4/h9-12H,6-8H2,1-5H3. The van der Waals surface area contributed by atoms with Crippen molar-refractivity contribution in [2.75, 3.05) is 0 Å². The first kappa shape index (κ1) is 12.5. The second kappa shape index (κ2) is 5.00. The topological polar surface area (TPSA) is 20.3 Å². The summed E-state index contributed by atoms with van der Waals surface area (Å²) in [6.45, 7) is 10.8. The van der Waals surface area contributed by atoms with Crippen LogP contribution in [0.25, 0.3) is 0 Å². The Labute approximate surface area is 94.0 Å². The van der Waals surface area contributed by atoms with Gasteiger partial charge in [0.25, 0.3) is 0 Å². The summed E-state index contributed by atoms with van der Waals surface area (Å²) in [6, 6.07) is 0.942. The highest BCUT2D eigenvalue weighted by Gasteiger charge is 2.36. The van der Waals surface area contributed by atoms with E-state index in [4.69, 9.17) is 0 Å². The van der Waals surface area contributed by atoms with Crippen molar-refractivity contribution in [3.8, 4) is 0 Å². The number of hydrogen-bond donors (Lipinski definition) is 0. The van der Waals surface area contributed by atoms with E-state index >= 15 is 0 Å². The molecule has 0 bridgehead atoms. The van der Waals surface area contributed by atoms with Crippen LogP contribution in [0.5, 0.6) is 0 Å². The average molecular weight is 211 g/mol. The van der Waals surface area contributed by atoms with Crippen molar-refractivity contribution in [1.82, 2.24) is 4.90 Å². The fourth-order valence-electron chi connectivity index (χ4n) is 1.89. The number of rotatable bonds is 5. The molecule has 0 aromatic rings. The maximum Gasteiger partial charge on any atom is 0.223 e. The molecule has 1 saturated carbocycles. The molecule has 2 nitrogen and oxygen atoms in total. The molecule has 0 saturated heterocycles. The minimum Gasteiger partial charge on any atom is -0.337 e. The van der Waals surface area contributed by atoms with Gasteiger partial charge in [-0.05, 0) is 31.6 Å². The molecule has 15 heavy (non-hydrogen) atoms. The minimum atomic E-state index is 0.355. The molecule has 1 rings (SSSR count). The fraction of sp³-hybridized carbons (Fsp3) is 0.923. The molecular formula is C13H25NO. The number of amides is 1. The van der Waals surface area contributed by atoms with Gasteiger partial charge in [-0.25, -0.2) is 0 Å². The van der Waals surface area contributed by atoms with Crippen LogP contribution in [0.15, 0.2) is 0 Å². The summed E-state index contributed by atoms with van der Waals surface area (Å²) >= 11 is 0. The van der Waals surface area contributed by atoms with E-state index in [1.54, 1.807) is 0 Å². The summed E-state index contributed by atoms with van der Waals surface area (Å²) in [5.74, 6) is 1.38. The lowest BCUT2D eigenvalue weighted by atomic mass is 10.0. The Hall–Kier alpha value is -0.530. The van der Waals surface area contributed by atoms with Gasteiger partial charge in [-0.2, -0.15) is 0 Å². The molecule has 0 heterocycles. The number of hydrogen-bond acceptors (Lipinski definition) is 1. The van der Waals surface area contributed by atoms with Crippen molar-refractivity contribution in [3.05, 3.63) is 0 Å². The van der Waals surface area contributed by atoms with Crippen molar-refractivity contribution >= 4 is 5.91 Å². The normalized spacial score (nSPS) is 18.3. The van der Waals surface area contributed by atoms with Gasteiger partial charge in [0.1, 0.15) is 0 Å². The molecule has 1 atom stereocenters. The van der Waals surface area contributed by atoms with Gasteiger partial charge >= 0.3 is 0 Å². The van der Waals surface area contributed by atoms with Gasteiger partial charge in [0.15, 0.2) is 0 Å². The Kier molecular flexibility index (Phi) is 4.18. The van der Waals surface area contributed by atoms with Crippen molar-refractivity contribution < 1.29 is 4.79 Å². The zero-order valence-electron chi connectivity index (χ0n) is 10.8. The van der Waals surface area contributed by atoms with Gasteiger partial charge in [-0.15, -0.1) is 0 Å². The van der Waals surface area contributed by atoms with E-state index in [0.717, 1.165) is 0 Å². The summed E-state index contributed by atoms with van der Waals surface area (Å²) in [7, 11) is 0. The van der Waals surface area contributed by atoms with E-state index in [1.807, 2.05) is 0 Å². The lowest BCUT2D eigenvalue weighted by molar-refractivity contribution is -0.135. The molecule has 1 aliphatic carbocycles. The predicted molar refractivity (Wildman–Crippen MR) is 63.6 cm³/mol. The smallest absolute Gasteiger partial charge is 0.223 e. The van der Waals surface area contributed by atoms with Crippen molar-refractivity contribution in [2.24, 2.45) is 11.8 Å². The zero-order chi connectivity index (χ0) is 11.6. The molecule has 1 amide bonds. The maximum absolute atomic E-state index is 12.1. The SMILES string of the molecule is CC(C)CC(=O)N(C1CC1)C(C)C(C)C. The molecular weight excluding hydrogens is 186 g/mol. The van der Waals surface area contributed by atoms with E-state index in [1.165, 1.54) is 12.8 Å². The van der Waals surface area contributed by atoms with E-state index in [0.29, 0.717) is 36.2 Å². The largest absolute Gasteiger partial charge is 0.337 e. The first-order chi connectivity index (χ1) is 6.93. The van der Waals surface area contributed by atoms with Gasteiger partial charge in [0.05, 0.1) is 0 Å². The molecule has 1 unspecified atom stereocenters. The number of carbonyl (C=O) groups excluding carboxylic acids is 1. The molecule has 0 N–H and O–H groups in total. The zero-order valence-corrected chi connectivity index (χ0v) is 10.8. The lowest BCUT2D eigenvalue weighted by Gasteiger charge is -2.32. The summed E-state index contributed by atoms with van der Waals surface area (Å²) in [5.41, 5.74) is 0. The minimum absolute atomic E-state index is 0.355. The second-order valence-corrected chi connectivity index (χ2v) is 5.61. The lowest BCUT2D eigenvalue weighted by Crippen LogP contribution is -2.43.